The predicted molar refractivity (Wildman–Crippen MR) is 151 cm³/mol. The minimum Gasteiger partial charge on any atom is -0.342 e. The molecule has 2 aromatic carbocycles. The van der Waals surface area contributed by atoms with E-state index in [0.717, 1.165) is 61.9 Å². The quantitative estimate of drug-likeness (QED) is 0.286. The summed E-state index contributed by atoms with van der Waals surface area (Å²) in [5, 5.41) is 14.5. The van der Waals surface area contributed by atoms with E-state index in [2.05, 4.69) is 91.3 Å². The minimum atomic E-state index is 0.683. The zero-order valence-electron chi connectivity index (χ0n) is 22.6. The number of rotatable bonds is 11. The number of aromatic nitrogens is 6. The van der Waals surface area contributed by atoms with Crippen LogP contribution in [0.25, 0.3) is 22.5 Å². The van der Waals surface area contributed by atoms with E-state index >= 15 is 0 Å². The molecule has 0 bridgehead atoms. The Hall–Kier alpha value is -3.52. The fraction of sp³-hybridized carbons (Fsp3) is 0.467. The van der Waals surface area contributed by atoms with Gasteiger partial charge in [0.15, 0.2) is 11.6 Å². The van der Waals surface area contributed by atoms with Crippen LogP contribution in [0.15, 0.2) is 48.5 Å². The molecule has 8 nitrogen and oxygen atoms in total. The lowest BCUT2D eigenvalue weighted by Gasteiger charge is -2.36. The van der Waals surface area contributed by atoms with E-state index in [0.29, 0.717) is 5.82 Å². The molecule has 3 heterocycles. The summed E-state index contributed by atoms with van der Waals surface area (Å²) in [5.41, 5.74) is 5.97. The lowest BCUT2D eigenvalue weighted by molar-refractivity contribution is 0.243. The molecule has 0 spiro atoms. The number of imidazole rings is 1. The molecule has 1 aliphatic carbocycles. The number of nitrogens with zero attached hydrogens (tertiary/aromatic N) is 7. The summed E-state index contributed by atoms with van der Waals surface area (Å²) in [7, 11) is 0. The van der Waals surface area contributed by atoms with Gasteiger partial charge < -0.3 is 9.47 Å². The molecule has 0 unspecified atom stereocenters. The first-order valence-corrected chi connectivity index (χ1v) is 14.2. The van der Waals surface area contributed by atoms with Gasteiger partial charge in [-0.05, 0) is 65.3 Å². The number of nitrogens with one attached hydrogen (secondary N) is 1. The summed E-state index contributed by atoms with van der Waals surface area (Å²) in [6, 6.07) is 17.2. The third kappa shape index (κ3) is 5.23. The molecule has 0 saturated heterocycles. The number of hydrogen-bond donors (Lipinski definition) is 1. The molecule has 1 fully saturated rings. The second kappa shape index (κ2) is 11.1. The molecule has 38 heavy (non-hydrogen) atoms. The van der Waals surface area contributed by atoms with Gasteiger partial charge in [-0.2, -0.15) is 0 Å². The van der Waals surface area contributed by atoms with Crippen LogP contribution in [0, 0.1) is 5.92 Å². The largest absolute Gasteiger partial charge is 0.342 e. The summed E-state index contributed by atoms with van der Waals surface area (Å²) in [4.78, 5) is 10.5. The lowest BCUT2D eigenvalue weighted by Crippen LogP contribution is -2.44. The SMILES string of the molecule is CCCCc1nc2c(n1Cc1ccc(-c3ccccc3-c3nnn[nH]3)cc1)CN(CCC)CN2CC1CC1. The third-order valence-corrected chi connectivity index (χ3v) is 7.78. The van der Waals surface area contributed by atoms with Crippen LogP contribution in [-0.4, -0.2) is 54.8 Å². The lowest BCUT2D eigenvalue weighted by atomic mass is 9.98. The molecule has 1 N–H and O–H groups in total. The Morgan fingerprint density at radius 2 is 1.79 bits per heavy atom. The number of benzene rings is 2. The Bertz CT molecular complexity index is 1340. The Kier molecular flexibility index (Phi) is 7.22. The van der Waals surface area contributed by atoms with Crippen molar-refractivity contribution in [2.24, 2.45) is 5.92 Å². The molecule has 0 atom stereocenters. The highest BCUT2D eigenvalue weighted by molar-refractivity contribution is 5.80. The van der Waals surface area contributed by atoms with Gasteiger partial charge in [0.05, 0.1) is 12.4 Å². The standard InChI is InChI=1S/C30H38N8/c1-3-5-10-28-31-30-27(20-36(17-4-2)21-37(30)18-22-11-12-22)38(28)19-23-13-15-24(16-14-23)25-8-6-7-9-26(25)29-32-34-35-33-29/h6-9,13-16,22H,3-5,10-12,17-21H2,1-2H3,(H,32,33,34,35). The van der Waals surface area contributed by atoms with Crippen LogP contribution in [0.1, 0.15) is 63.0 Å². The number of H-pyrrole nitrogens is 1. The van der Waals surface area contributed by atoms with Crippen LogP contribution in [0.2, 0.25) is 0 Å². The van der Waals surface area contributed by atoms with Gasteiger partial charge >= 0.3 is 0 Å². The Balaban J connectivity index is 1.30. The third-order valence-electron chi connectivity index (χ3n) is 7.78. The van der Waals surface area contributed by atoms with Gasteiger partial charge in [0, 0.05) is 31.6 Å². The van der Waals surface area contributed by atoms with E-state index in [1.165, 1.54) is 55.0 Å². The summed E-state index contributed by atoms with van der Waals surface area (Å²) >= 11 is 0. The second-order valence-electron chi connectivity index (χ2n) is 10.8. The van der Waals surface area contributed by atoms with Crippen LogP contribution < -0.4 is 4.90 Å². The summed E-state index contributed by atoms with van der Waals surface area (Å²) in [5.74, 6) is 4.00. The number of aryl methyl sites for hydroxylation is 1. The number of unbranched alkanes of at least 4 members (excludes halogenated alkanes) is 1. The highest BCUT2D eigenvalue weighted by Crippen LogP contribution is 2.36. The maximum absolute atomic E-state index is 5.29. The molecule has 0 radical (unpaired) electrons. The van der Waals surface area contributed by atoms with Crippen LogP contribution >= 0.6 is 0 Å². The second-order valence-corrected chi connectivity index (χ2v) is 10.8. The normalized spacial score (nSPS) is 15.7. The minimum absolute atomic E-state index is 0.683. The first-order valence-electron chi connectivity index (χ1n) is 14.2. The van der Waals surface area contributed by atoms with E-state index in [4.69, 9.17) is 4.98 Å². The monoisotopic (exact) mass is 510 g/mol. The maximum atomic E-state index is 5.29. The van der Waals surface area contributed by atoms with Crippen molar-refractivity contribution in [3.8, 4) is 22.5 Å². The number of anilines is 1. The number of hydrogen-bond acceptors (Lipinski definition) is 6. The van der Waals surface area contributed by atoms with Gasteiger partial charge in [-0.25, -0.2) is 10.1 Å². The molecular weight excluding hydrogens is 472 g/mol. The van der Waals surface area contributed by atoms with Gasteiger partial charge in [0.25, 0.3) is 0 Å². The number of aromatic amines is 1. The maximum Gasteiger partial charge on any atom is 0.180 e. The molecule has 2 aliphatic rings. The number of tetrazole rings is 1. The Labute approximate surface area is 225 Å². The zero-order chi connectivity index (χ0) is 25.9. The van der Waals surface area contributed by atoms with Crippen molar-refractivity contribution in [3.05, 3.63) is 65.6 Å². The highest BCUT2D eigenvalue weighted by atomic mass is 15.5. The molecule has 8 heteroatoms. The van der Waals surface area contributed by atoms with Crippen molar-refractivity contribution >= 4 is 5.82 Å². The van der Waals surface area contributed by atoms with Crippen molar-refractivity contribution in [1.29, 1.82) is 0 Å². The van der Waals surface area contributed by atoms with Gasteiger partial charge in [0.1, 0.15) is 5.82 Å². The average molecular weight is 511 g/mol. The fourth-order valence-corrected chi connectivity index (χ4v) is 5.62. The molecular formula is C30H38N8. The zero-order valence-corrected chi connectivity index (χ0v) is 22.6. The Morgan fingerprint density at radius 3 is 2.50 bits per heavy atom. The predicted octanol–water partition coefficient (Wildman–Crippen LogP) is 5.52. The van der Waals surface area contributed by atoms with E-state index in [9.17, 15) is 0 Å². The van der Waals surface area contributed by atoms with E-state index in [-0.39, 0.29) is 0 Å². The smallest absolute Gasteiger partial charge is 0.180 e. The van der Waals surface area contributed by atoms with Crippen molar-refractivity contribution < 1.29 is 0 Å². The van der Waals surface area contributed by atoms with E-state index in [1.54, 1.807) is 0 Å². The van der Waals surface area contributed by atoms with Gasteiger partial charge in [-0.15, -0.1) is 5.10 Å². The molecule has 2 aromatic heterocycles. The number of fused-ring (bicyclic) bond motifs is 1. The summed E-state index contributed by atoms with van der Waals surface area (Å²) in [6.45, 7) is 9.67. The van der Waals surface area contributed by atoms with Crippen LogP contribution in [0.4, 0.5) is 5.82 Å². The molecule has 0 amide bonds. The molecule has 198 valence electrons. The van der Waals surface area contributed by atoms with Crippen molar-refractivity contribution in [2.45, 2.75) is 65.5 Å². The summed E-state index contributed by atoms with van der Waals surface area (Å²) in [6.07, 6.45) is 7.29. The molecule has 4 aromatic rings. The summed E-state index contributed by atoms with van der Waals surface area (Å²) < 4.78 is 2.52. The van der Waals surface area contributed by atoms with Crippen LogP contribution in [0.3, 0.4) is 0 Å². The fourth-order valence-electron chi connectivity index (χ4n) is 5.62. The van der Waals surface area contributed by atoms with Gasteiger partial charge in [-0.3, -0.25) is 4.90 Å². The first kappa shape index (κ1) is 24.8. The van der Waals surface area contributed by atoms with Crippen LogP contribution in [0.5, 0.6) is 0 Å². The Morgan fingerprint density at radius 1 is 0.974 bits per heavy atom. The van der Waals surface area contributed by atoms with Crippen molar-refractivity contribution in [3.63, 3.8) is 0 Å². The molecule has 1 aliphatic heterocycles. The van der Waals surface area contributed by atoms with Gasteiger partial charge in [-0.1, -0.05) is 68.8 Å². The molecule has 6 rings (SSSR count). The topological polar surface area (TPSA) is 78.8 Å². The molecule has 1 saturated carbocycles. The van der Waals surface area contributed by atoms with Crippen LogP contribution in [-0.2, 0) is 19.5 Å². The van der Waals surface area contributed by atoms with E-state index in [1.807, 2.05) is 6.07 Å². The first-order chi connectivity index (χ1) is 18.7. The highest BCUT2D eigenvalue weighted by Gasteiger charge is 2.33. The van der Waals surface area contributed by atoms with E-state index < -0.39 is 0 Å². The average Bonchev–Trinajstić information content (AvgIpc) is 3.45. The van der Waals surface area contributed by atoms with Gasteiger partial charge in [0.2, 0.25) is 0 Å². The van der Waals surface area contributed by atoms with Crippen molar-refractivity contribution in [2.75, 3.05) is 24.7 Å². The van der Waals surface area contributed by atoms with Crippen molar-refractivity contribution in [1.82, 2.24) is 35.1 Å².